The molecule has 0 amide bonds. The average molecular weight is 269 g/mol. The fourth-order valence-corrected chi connectivity index (χ4v) is 2.78. The molecule has 0 spiro atoms. The quantitative estimate of drug-likeness (QED) is 0.746. The second kappa shape index (κ2) is 8.26. The van der Waals surface area contributed by atoms with Crippen LogP contribution < -0.4 is 5.32 Å². The van der Waals surface area contributed by atoms with E-state index >= 15 is 0 Å². The highest BCUT2D eigenvalue weighted by atomic mass is 16.5. The Bertz CT molecular complexity index is 228. The molecule has 1 fully saturated rings. The lowest BCUT2D eigenvalue weighted by Crippen LogP contribution is -2.36. The largest absolute Gasteiger partial charge is 0.381 e. The molecule has 0 radical (unpaired) electrons. The number of nitrogens with one attached hydrogen (secondary N) is 1. The predicted octanol–water partition coefficient (Wildman–Crippen LogP) is 4.24. The van der Waals surface area contributed by atoms with Crippen LogP contribution in [0.3, 0.4) is 0 Å². The molecule has 1 aliphatic rings. The summed E-state index contributed by atoms with van der Waals surface area (Å²) in [6.07, 6.45) is 6.39. The second-order valence-corrected chi connectivity index (χ2v) is 7.45. The normalized spacial score (nSPS) is 21.3. The highest BCUT2D eigenvalue weighted by Crippen LogP contribution is 2.31. The Kier molecular flexibility index (Phi) is 7.38. The van der Waals surface area contributed by atoms with Gasteiger partial charge in [-0.2, -0.15) is 0 Å². The summed E-state index contributed by atoms with van der Waals surface area (Å²) in [5, 5.41) is 3.78. The molecule has 1 heterocycles. The van der Waals surface area contributed by atoms with E-state index in [-0.39, 0.29) is 0 Å². The lowest BCUT2D eigenvalue weighted by molar-refractivity contribution is 0.0585. The molecule has 2 nitrogen and oxygen atoms in total. The van der Waals surface area contributed by atoms with Crippen molar-refractivity contribution in [2.75, 3.05) is 19.8 Å². The van der Waals surface area contributed by atoms with E-state index in [4.69, 9.17) is 4.74 Å². The molecule has 19 heavy (non-hydrogen) atoms. The van der Waals surface area contributed by atoms with Crippen molar-refractivity contribution in [3.63, 3.8) is 0 Å². The van der Waals surface area contributed by atoms with E-state index in [2.05, 4.69) is 39.9 Å². The van der Waals surface area contributed by atoms with Gasteiger partial charge >= 0.3 is 0 Å². The minimum atomic E-state index is 0.418. The zero-order valence-corrected chi connectivity index (χ0v) is 13.8. The Balaban J connectivity index is 2.45. The molecule has 2 unspecified atom stereocenters. The van der Waals surface area contributed by atoms with Gasteiger partial charge in [-0.05, 0) is 55.9 Å². The van der Waals surface area contributed by atoms with Gasteiger partial charge in [0.15, 0.2) is 0 Å². The molecule has 0 aromatic rings. The van der Waals surface area contributed by atoms with Crippen LogP contribution in [0.4, 0.5) is 0 Å². The van der Waals surface area contributed by atoms with Crippen LogP contribution in [-0.4, -0.2) is 25.8 Å². The molecule has 0 saturated carbocycles. The first-order valence-corrected chi connectivity index (χ1v) is 8.24. The number of ether oxygens (including phenoxy) is 1. The van der Waals surface area contributed by atoms with E-state index in [1.165, 1.54) is 32.1 Å². The molecule has 0 aromatic heterocycles. The van der Waals surface area contributed by atoms with Crippen molar-refractivity contribution in [1.29, 1.82) is 0 Å². The molecule has 2 atom stereocenters. The van der Waals surface area contributed by atoms with Crippen molar-refractivity contribution in [3.05, 3.63) is 0 Å². The van der Waals surface area contributed by atoms with Crippen molar-refractivity contribution >= 4 is 0 Å². The van der Waals surface area contributed by atoms with Crippen molar-refractivity contribution < 1.29 is 4.74 Å². The van der Waals surface area contributed by atoms with Gasteiger partial charge in [0.2, 0.25) is 0 Å². The summed E-state index contributed by atoms with van der Waals surface area (Å²) in [6.45, 7) is 14.9. The number of rotatable bonds is 7. The summed E-state index contributed by atoms with van der Waals surface area (Å²) in [7, 11) is 0. The molecule has 2 heteroatoms. The average Bonchev–Trinajstić information content (AvgIpc) is 2.36. The van der Waals surface area contributed by atoms with Gasteiger partial charge in [0, 0.05) is 19.3 Å². The van der Waals surface area contributed by atoms with Crippen LogP contribution in [0, 0.1) is 17.3 Å². The Labute approximate surface area is 120 Å². The van der Waals surface area contributed by atoms with Gasteiger partial charge in [0.1, 0.15) is 0 Å². The van der Waals surface area contributed by atoms with Crippen LogP contribution in [0.5, 0.6) is 0 Å². The molecule has 0 aromatic carbocycles. The van der Waals surface area contributed by atoms with E-state index in [1.54, 1.807) is 0 Å². The maximum absolute atomic E-state index is 5.48. The smallest absolute Gasteiger partial charge is 0.0468 e. The summed E-state index contributed by atoms with van der Waals surface area (Å²) in [5.41, 5.74) is 0.418. The lowest BCUT2D eigenvalue weighted by Gasteiger charge is -2.33. The maximum atomic E-state index is 5.48. The van der Waals surface area contributed by atoms with E-state index in [0.29, 0.717) is 11.5 Å². The highest BCUT2D eigenvalue weighted by molar-refractivity contribution is 4.80. The monoisotopic (exact) mass is 269 g/mol. The van der Waals surface area contributed by atoms with E-state index in [0.717, 1.165) is 31.6 Å². The molecule has 114 valence electrons. The Morgan fingerprint density at radius 3 is 2.37 bits per heavy atom. The fourth-order valence-electron chi connectivity index (χ4n) is 2.78. The number of hydrogen-bond donors (Lipinski definition) is 1. The van der Waals surface area contributed by atoms with Crippen molar-refractivity contribution in [2.24, 2.45) is 17.3 Å². The minimum Gasteiger partial charge on any atom is -0.381 e. The first kappa shape index (κ1) is 17.0. The van der Waals surface area contributed by atoms with Gasteiger partial charge < -0.3 is 10.1 Å². The fraction of sp³-hybridized carbons (Fsp3) is 1.00. The SMILES string of the molecule is CCCNC(CC1CCOCC1)CC(C)C(C)(C)C. The van der Waals surface area contributed by atoms with E-state index in [9.17, 15) is 0 Å². The van der Waals surface area contributed by atoms with Gasteiger partial charge in [-0.3, -0.25) is 0 Å². The van der Waals surface area contributed by atoms with Crippen molar-refractivity contribution in [1.82, 2.24) is 5.32 Å². The summed E-state index contributed by atoms with van der Waals surface area (Å²) in [6, 6.07) is 0.692. The first-order chi connectivity index (χ1) is 8.93. The topological polar surface area (TPSA) is 21.3 Å². The van der Waals surface area contributed by atoms with Crippen LogP contribution in [-0.2, 0) is 4.74 Å². The molecule has 0 aliphatic carbocycles. The zero-order chi connectivity index (χ0) is 14.3. The predicted molar refractivity (Wildman–Crippen MR) is 83.5 cm³/mol. The van der Waals surface area contributed by atoms with Crippen LogP contribution in [0.15, 0.2) is 0 Å². The molecule has 1 rings (SSSR count). The van der Waals surface area contributed by atoms with Crippen LogP contribution in [0.1, 0.15) is 66.7 Å². The molecular weight excluding hydrogens is 234 g/mol. The van der Waals surface area contributed by atoms with Gasteiger partial charge in [-0.15, -0.1) is 0 Å². The number of hydrogen-bond acceptors (Lipinski definition) is 2. The summed E-state index contributed by atoms with van der Waals surface area (Å²) < 4.78 is 5.48. The third-order valence-electron chi connectivity index (χ3n) is 4.76. The van der Waals surface area contributed by atoms with E-state index < -0.39 is 0 Å². The Hall–Kier alpha value is -0.0800. The molecular formula is C17H35NO. The van der Waals surface area contributed by atoms with Crippen LogP contribution in [0.2, 0.25) is 0 Å². The summed E-state index contributed by atoms with van der Waals surface area (Å²) in [5.74, 6) is 1.64. The molecule has 1 aliphatic heterocycles. The van der Waals surface area contributed by atoms with Gasteiger partial charge in [-0.25, -0.2) is 0 Å². The first-order valence-electron chi connectivity index (χ1n) is 8.24. The van der Waals surface area contributed by atoms with Crippen molar-refractivity contribution in [2.45, 2.75) is 72.8 Å². The van der Waals surface area contributed by atoms with Gasteiger partial charge in [0.25, 0.3) is 0 Å². The Morgan fingerprint density at radius 1 is 1.21 bits per heavy atom. The van der Waals surface area contributed by atoms with Crippen molar-refractivity contribution in [3.8, 4) is 0 Å². The van der Waals surface area contributed by atoms with Gasteiger partial charge in [0.05, 0.1) is 0 Å². The molecule has 0 bridgehead atoms. The third-order valence-corrected chi connectivity index (χ3v) is 4.76. The summed E-state index contributed by atoms with van der Waals surface area (Å²) in [4.78, 5) is 0. The zero-order valence-electron chi connectivity index (χ0n) is 13.8. The van der Waals surface area contributed by atoms with E-state index in [1.807, 2.05) is 0 Å². The maximum Gasteiger partial charge on any atom is 0.0468 e. The molecule has 1 saturated heterocycles. The minimum absolute atomic E-state index is 0.418. The molecule has 1 N–H and O–H groups in total. The third kappa shape index (κ3) is 6.76. The summed E-state index contributed by atoms with van der Waals surface area (Å²) >= 11 is 0. The highest BCUT2D eigenvalue weighted by Gasteiger charge is 2.25. The van der Waals surface area contributed by atoms with Crippen LogP contribution in [0.25, 0.3) is 0 Å². The second-order valence-electron chi connectivity index (χ2n) is 7.45. The van der Waals surface area contributed by atoms with Crippen LogP contribution >= 0.6 is 0 Å². The Morgan fingerprint density at radius 2 is 1.84 bits per heavy atom. The lowest BCUT2D eigenvalue weighted by atomic mass is 9.77. The standard InChI is InChI=1S/C17H35NO/c1-6-9-18-16(12-14(2)17(3,4)5)13-15-7-10-19-11-8-15/h14-16,18H,6-13H2,1-5H3. The van der Waals surface area contributed by atoms with Gasteiger partial charge in [-0.1, -0.05) is 34.6 Å².